The second-order valence-corrected chi connectivity index (χ2v) is 6.78. The summed E-state index contributed by atoms with van der Waals surface area (Å²) >= 11 is 0. The minimum absolute atomic E-state index is 0.603. The molecule has 0 bridgehead atoms. The summed E-state index contributed by atoms with van der Waals surface area (Å²) in [5, 5.41) is 0.603. The molecule has 0 nitrogen and oxygen atoms in total. The number of unbranched alkanes of at least 4 members (excludes halogenated alkanes) is 2. The van der Waals surface area contributed by atoms with Gasteiger partial charge < -0.3 is 0 Å². The van der Waals surface area contributed by atoms with Crippen LogP contribution >= 0.6 is 0 Å². The van der Waals surface area contributed by atoms with E-state index in [0.717, 1.165) is 6.71 Å². The van der Waals surface area contributed by atoms with Gasteiger partial charge in [0.25, 0.3) is 0 Å². The predicted molar refractivity (Wildman–Crippen MR) is 92.2 cm³/mol. The fourth-order valence-electron chi connectivity index (χ4n) is 4.29. The zero-order valence-corrected chi connectivity index (χ0v) is 13.5. The number of hydrogen-bond donors (Lipinski definition) is 0. The third-order valence-corrected chi connectivity index (χ3v) is 5.42. The highest BCUT2D eigenvalue weighted by Crippen LogP contribution is 2.50. The normalized spacial score (nSPS) is 18.2. The Bertz CT molecular complexity index is 363. The Balaban J connectivity index is 2.23. The van der Waals surface area contributed by atoms with E-state index in [9.17, 15) is 0 Å². The molecule has 1 aliphatic heterocycles. The summed E-state index contributed by atoms with van der Waals surface area (Å²) in [6.45, 7) is 5.50. The monoisotopic (exact) mass is 270 g/mol. The Morgan fingerprint density at radius 1 is 0.950 bits per heavy atom. The zero-order chi connectivity index (χ0) is 14.3. The first-order chi connectivity index (χ1) is 9.82. The van der Waals surface area contributed by atoms with E-state index in [1.54, 1.807) is 5.46 Å². The molecule has 20 heavy (non-hydrogen) atoms. The van der Waals surface area contributed by atoms with Crippen molar-refractivity contribution in [3.8, 4) is 0 Å². The molecule has 0 radical (unpaired) electrons. The summed E-state index contributed by atoms with van der Waals surface area (Å²) in [5.41, 5.74) is 1.61. The lowest BCUT2D eigenvalue weighted by Crippen LogP contribution is -2.45. The van der Waals surface area contributed by atoms with Crippen molar-refractivity contribution in [2.75, 3.05) is 0 Å². The maximum Gasteiger partial charge on any atom is 0.182 e. The van der Waals surface area contributed by atoms with Crippen LogP contribution in [0.2, 0.25) is 11.6 Å². The summed E-state index contributed by atoms with van der Waals surface area (Å²) in [4.78, 5) is 0. The Kier molecular flexibility index (Phi) is 6.20. The van der Waals surface area contributed by atoms with Crippen LogP contribution in [0.4, 0.5) is 0 Å². The van der Waals surface area contributed by atoms with E-state index in [4.69, 9.17) is 0 Å². The van der Waals surface area contributed by atoms with Gasteiger partial charge in [0.15, 0.2) is 6.71 Å². The molecule has 1 fully saturated rings. The van der Waals surface area contributed by atoms with E-state index in [0.29, 0.717) is 5.31 Å². The van der Waals surface area contributed by atoms with Crippen molar-refractivity contribution >= 4 is 12.2 Å². The first-order valence-electron chi connectivity index (χ1n) is 8.87. The molecule has 110 valence electrons. The Morgan fingerprint density at radius 2 is 1.60 bits per heavy atom. The van der Waals surface area contributed by atoms with Gasteiger partial charge in [0.05, 0.1) is 0 Å². The van der Waals surface area contributed by atoms with Gasteiger partial charge in [0.1, 0.15) is 0 Å². The van der Waals surface area contributed by atoms with Gasteiger partial charge in [-0.3, -0.25) is 0 Å². The standard InChI is InChI=1S/C19H31B/c1-3-5-14-19(15-6-4-2)16-10-11-17-20(19)18-12-8-7-9-13-18/h7-9,12-13H,3-6,10-11,14-17H2,1-2H3. The summed E-state index contributed by atoms with van der Waals surface area (Å²) in [6, 6.07) is 11.4. The van der Waals surface area contributed by atoms with E-state index in [1.165, 1.54) is 64.1 Å². The molecule has 0 saturated carbocycles. The van der Waals surface area contributed by atoms with Gasteiger partial charge >= 0.3 is 0 Å². The van der Waals surface area contributed by atoms with Crippen molar-refractivity contribution in [1.29, 1.82) is 0 Å². The molecule has 0 spiro atoms. The maximum atomic E-state index is 2.38. The van der Waals surface area contributed by atoms with Crippen LogP contribution in [0.5, 0.6) is 0 Å². The van der Waals surface area contributed by atoms with Gasteiger partial charge in [0.2, 0.25) is 0 Å². The van der Waals surface area contributed by atoms with Gasteiger partial charge in [0, 0.05) is 0 Å². The lowest BCUT2D eigenvalue weighted by Gasteiger charge is -2.43. The molecule has 0 N–H and O–H groups in total. The molecular formula is C19H31B. The first-order valence-corrected chi connectivity index (χ1v) is 8.87. The van der Waals surface area contributed by atoms with Crippen LogP contribution in [0.3, 0.4) is 0 Å². The van der Waals surface area contributed by atoms with Crippen molar-refractivity contribution in [1.82, 2.24) is 0 Å². The first kappa shape index (κ1) is 15.7. The summed E-state index contributed by atoms with van der Waals surface area (Å²) in [5.74, 6) is 0. The molecule has 1 heteroatoms. The molecule has 1 heterocycles. The molecule has 0 aromatic heterocycles. The fraction of sp³-hybridized carbons (Fsp3) is 0.684. The van der Waals surface area contributed by atoms with Crippen LogP contribution in [0.25, 0.3) is 0 Å². The van der Waals surface area contributed by atoms with Gasteiger partial charge in [-0.25, -0.2) is 0 Å². The van der Waals surface area contributed by atoms with Crippen molar-refractivity contribution < 1.29 is 0 Å². The molecule has 0 aliphatic carbocycles. The average Bonchev–Trinajstić information content (AvgIpc) is 2.52. The number of rotatable bonds is 7. The second kappa shape index (κ2) is 7.91. The predicted octanol–water partition coefficient (Wildman–Crippen LogP) is 5.69. The van der Waals surface area contributed by atoms with Crippen LogP contribution < -0.4 is 5.46 Å². The van der Waals surface area contributed by atoms with Crippen LogP contribution in [-0.2, 0) is 0 Å². The lowest BCUT2D eigenvalue weighted by molar-refractivity contribution is 0.378. The summed E-state index contributed by atoms with van der Waals surface area (Å²) < 4.78 is 0. The quantitative estimate of drug-likeness (QED) is 0.558. The highest BCUT2D eigenvalue weighted by atomic mass is 14.3. The highest BCUT2D eigenvalue weighted by Gasteiger charge is 2.42. The number of benzene rings is 1. The summed E-state index contributed by atoms with van der Waals surface area (Å²) in [7, 11) is 0. The van der Waals surface area contributed by atoms with E-state index >= 15 is 0 Å². The molecule has 1 aromatic carbocycles. The second-order valence-electron chi connectivity index (χ2n) is 6.78. The molecule has 2 rings (SSSR count). The van der Waals surface area contributed by atoms with Crippen LogP contribution in [0, 0.1) is 0 Å². The molecule has 0 amide bonds. The third kappa shape index (κ3) is 3.68. The third-order valence-electron chi connectivity index (χ3n) is 5.42. The van der Waals surface area contributed by atoms with E-state index in [2.05, 4.69) is 44.2 Å². The molecule has 0 unspecified atom stereocenters. The van der Waals surface area contributed by atoms with E-state index < -0.39 is 0 Å². The zero-order valence-electron chi connectivity index (χ0n) is 13.5. The van der Waals surface area contributed by atoms with Crippen LogP contribution in [0.15, 0.2) is 30.3 Å². The van der Waals surface area contributed by atoms with Gasteiger partial charge in [-0.2, -0.15) is 0 Å². The van der Waals surface area contributed by atoms with E-state index in [-0.39, 0.29) is 0 Å². The molecule has 1 saturated heterocycles. The Labute approximate surface area is 126 Å². The summed E-state index contributed by atoms with van der Waals surface area (Å²) in [6.07, 6.45) is 14.2. The van der Waals surface area contributed by atoms with Crippen molar-refractivity contribution in [2.45, 2.75) is 83.3 Å². The highest BCUT2D eigenvalue weighted by molar-refractivity contribution is 6.76. The largest absolute Gasteiger partial charge is 0.182 e. The van der Waals surface area contributed by atoms with Crippen LogP contribution in [0.1, 0.15) is 71.6 Å². The van der Waals surface area contributed by atoms with Gasteiger partial charge in [-0.05, 0) is 5.31 Å². The average molecular weight is 270 g/mol. The topological polar surface area (TPSA) is 0 Å². The van der Waals surface area contributed by atoms with Gasteiger partial charge in [-0.1, -0.05) is 114 Å². The van der Waals surface area contributed by atoms with Crippen LogP contribution in [-0.4, -0.2) is 6.71 Å². The van der Waals surface area contributed by atoms with E-state index in [1.807, 2.05) is 0 Å². The minimum Gasteiger partial charge on any atom is -0.0795 e. The molecule has 0 atom stereocenters. The fourth-order valence-corrected chi connectivity index (χ4v) is 4.29. The van der Waals surface area contributed by atoms with Gasteiger partial charge in [-0.15, -0.1) is 0 Å². The minimum atomic E-state index is 0.603. The Hall–Kier alpha value is -0.715. The number of hydrogen-bond acceptors (Lipinski definition) is 0. The molecule has 1 aromatic rings. The van der Waals surface area contributed by atoms with Crippen molar-refractivity contribution in [2.24, 2.45) is 0 Å². The lowest BCUT2D eigenvalue weighted by atomic mass is 9.24. The maximum absolute atomic E-state index is 2.38. The van der Waals surface area contributed by atoms with Crippen molar-refractivity contribution in [3.05, 3.63) is 30.3 Å². The molecule has 1 aliphatic rings. The molecular weight excluding hydrogens is 239 g/mol. The Morgan fingerprint density at radius 3 is 2.20 bits per heavy atom. The van der Waals surface area contributed by atoms with Crippen molar-refractivity contribution in [3.63, 3.8) is 0 Å². The SMILES string of the molecule is CCCCC1(CCCC)CCCCB1c1ccccc1. The smallest absolute Gasteiger partial charge is 0.0795 e.